The van der Waals surface area contributed by atoms with Crippen LogP contribution in [0.15, 0.2) is 35.8 Å². The normalized spacial score (nSPS) is 14.5. The molecule has 2 aromatic rings. The Morgan fingerprint density at radius 3 is 2.48 bits per heavy atom. The number of piperazine rings is 1. The fourth-order valence-corrected chi connectivity index (χ4v) is 3.44. The highest BCUT2D eigenvalue weighted by Crippen LogP contribution is 2.26. The van der Waals surface area contributed by atoms with E-state index in [1.165, 1.54) is 11.0 Å². The molecule has 0 unspecified atom stereocenters. The highest BCUT2D eigenvalue weighted by atomic mass is 19.1. The Morgan fingerprint density at radius 1 is 1.22 bits per heavy atom. The molecular formula is C20H22FN3O3. The maximum atomic E-state index is 14.8. The van der Waals surface area contributed by atoms with E-state index in [1.807, 2.05) is 16.4 Å². The maximum absolute atomic E-state index is 14.8. The van der Waals surface area contributed by atoms with Crippen LogP contribution < -0.4 is 10.3 Å². The van der Waals surface area contributed by atoms with Gasteiger partial charge in [0.2, 0.25) is 5.78 Å². The molecule has 0 radical (unpaired) electrons. The molecule has 1 amide bonds. The largest absolute Gasteiger partial charge is 0.366 e. The van der Waals surface area contributed by atoms with Crippen LogP contribution in [0.3, 0.4) is 0 Å². The van der Waals surface area contributed by atoms with Crippen molar-refractivity contribution in [2.75, 3.05) is 31.1 Å². The molecule has 142 valence electrons. The minimum Gasteiger partial charge on any atom is -0.366 e. The monoisotopic (exact) mass is 371 g/mol. The molecule has 0 atom stereocenters. The number of amides is 1. The van der Waals surface area contributed by atoms with Crippen molar-refractivity contribution in [3.05, 3.63) is 52.6 Å². The molecule has 0 bridgehead atoms. The SMILES string of the molecule is C=CC(=O)C(=O)N1CCN(c2cc3c(cc2F)c(=O)c(C)cn3CC)CC1. The number of carbonyl (C=O) groups excluding carboxylic acids is 2. The second-order valence-electron chi connectivity index (χ2n) is 6.60. The van der Waals surface area contributed by atoms with Gasteiger partial charge in [0.1, 0.15) is 5.82 Å². The van der Waals surface area contributed by atoms with Crippen LogP contribution in [-0.2, 0) is 16.1 Å². The van der Waals surface area contributed by atoms with Crippen molar-refractivity contribution in [2.24, 2.45) is 0 Å². The molecule has 1 aromatic carbocycles. The van der Waals surface area contributed by atoms with E-state index in [4.69, 9.17) is 0 Å². The van der Waals surface area contributed by atoms with Gasteiger partial charge in [-0.1, -0.05) is 6.58 Å². The van der Waals surface area contributed by atoms with Gasteiger partial charge in [-0.3, -0.25) is 14.4 Å². The van der Waals surface area contributed by atoms with E-state index in [2.05, 4.69) is 6.58 Å². The van der Waals surface area contributed by atoms with Crippen molar-refractivity contribution in [1.82, 2.24) is 9.47 Å². The smallest absolute Gasteiger partial charge is 0.294 e. The van der Waals surface area contributed by atoms with Crippen molar-refractivity contribution in [2.45, 2.75) is 20.4 Å². The Kier molecular flexibility index (Phi) is 5.12. The van der Waals surface area contributed by atoms with Crippen LogP contribution >= 0.6 is 0 Å². The number of benzene rings is 1. The van der Waals surface area contributed by atoms with Crippen LogP contribution in [0, 0.1) is 12.7 Å². The first-order valence-corrected chi connectivity index (χ1v) is 8.91. The molecule has 0 spiro atoms. The van der Waals surface area contributed by atoms with Gasteiger partial charge in [0.05, 0.1) is 11.2 Å². The molecule has 3 rings (SSSR count). The van der Waals surface area contributed by atoms with E-state index in [9.17, 15) is 18.8 Å². The first-order chi connectivity index (χ1) is 12.9. The van der Waals surface area contributed by atoms with Crippen molar-refractivity contribution >= 4 is 28.3 Å². The Balaban J connectivity index is 1.92. The second-order valence-corrected chi connectivity index (χ2v) is 6.60. The summed E-state index contributed by atoms with van der Waals surface area (Å²) in [6.45, 7) is 9.13. The van der Waals surface area contributed by atoms with Gasteiger partial charge in [-0.25, -0.2) is 4.39 Å². The fourth-order valence-electron chi connectivity index (χ4n) is 3.44. The molecule has 1 saturated heterocycles. The number of pyridine rings is 1. The lowest BCUT2D eigenvalue weighted by Crippen LogP contribution is -2.50. The van der Waals surface area contributed by atoms with Crippen molar-refractivity contribution in [3.63, 3.8) is 0 Å². The number of aryl methyl sites for hydroxylation is 2. The third kappa shape index (κ3) is 3.37. The Bertz CT molecular complexity index is 988. The van der Waals surface area contributed by atoms with E-state index in [1.54, 1.807) is 19.2 Å². The molecule has 27 heavy (non-hydrogen) atoms. The Labute approximate surface area is 156 Å². The van der Waals surface area contributed by atoms with E-state index in [0.717, 1.165) is 6.08 Å². The van der Waals surface area contributed by atoms with Crippen LogP contribution in [0.5, 0.6) is 0 Å². The third-order valence-corrected chi connectivity index (χ3v) is 4.97. The van der Waals surface area contributed by atoms with Gasteiger partial charge >= 0.3 is 0 Å². The molecule has 6 nitrogen and oxygen atoms in total. The number of ketones is 1. The molecule has 1 aliphatic rings. The number of nitrogens with zero attached hydrogens (tertiary/aromatic N) is 3. The number of anilines is 1. The third-order valence-electron chi connectivity index (χ3n) is 4.97. The summed E-state index contributed by atoms with van der Waals surface area (Å²) in [7, 11) is 0. The van der Waals surface area contributed by atoms with Crippen LogP contribution in [0.4, 0.5) is 10.1 Å². The van der Waals surface area contributed by atoms with Gasteiger partial charge in [0.25, 0.3) is 5.91 Å². The van der Waals surface area contributed by atoms with Crippen molar-refractivity contribution in [3.8, 4) is 0 Å². The predicted molar refractivity (Wildman–Crippen MR) is 103 cm³/mol. The zero-order chi connectivity index (χ0) is 19.7. The zero-order valence-electron chi connectivity index (χ0n) is 15.5. The molecule has 0 N–H and O–H groups in total. The summed E-state index contributed by atoms with van der Waals surface area (Å²) < 4.78 is 16.7. The number of carbonyl (C=O) groups is 2. The quantitative estimate of drug-likeness (QED) is 0.608. The molecule has 0 aliphatic carbocycles. The zero-order valence-corrected chi connectivity index (χ0v) is 15.5. The number of aromatic nitrogens is 1. The standard InChI is InChI=1S/C20H22FN3O3/c1-4-18(25)20(27)24-8-6-23(7-9-24)17-11-16-14(10-15(17)21)19(26)13(3)12-22(16)5-2/h4,10-12H,1,5-9H2,2-3H3. The minimum absolute atomic E-state index is 0.168. The average molecular weight is 371 g/mol. The minimum atomic E-state index is -0.636. The lowest BCUT2D eigenvalue weighted by Gasteiger charge is -2.36. The summed E-state index contributed by atoms with van der Waals surface area (Å²) in [6, 6.07) is 2.99. The summed E-state index contributed by atoms with van der Waals surface area (Å²) in [5.74, 6) is -1.68. The van der Waals surface area contributed by atoms with Gasteiger partial charge in [-0.15, -0.1) is 0 Å². The Hall–Kier alpha value is -2.96. The van der Waals surface area contributed by atoms with Gasteiger partial charge in [-0.05, 0) is 32.1 Å². The van der Waals surface area contributed by atoms with Gasteiger partial charge < -0.3 is 14.4 Å². The number of fused-ring (bicyclic) bond motifs is 1. The van der Waals surface area contributed by atoms with E-state index < -0.39 is 17.5 Å². The van der Waals surface area contributed by atoms with Gasteiger partial charge in [0.15, 0.2) is 5.43 Å². The maximum Gasteiger partial charge on any atom is 0.294 e. The molecular weight excluding hydrogens is 349 g/mol. The number of hydrogen-bond donors (Lipinski definition) is 0. The van der Waals surface area contributed by atoms with E-state index >= 15 is 0 Å². The van der Waals surface area contributed by atoms with Crippen LogP contribution in [0.25, 0.3) is 10.9 Å². The number of hydrogen-bond acceptors (Lipinski definition) is 4. The molecule has 2 heterocycles. The molecule has 1 fully saturated rings. The first kappa shape index (κ1) is 18.8. The number of rotatable bonds is 4. The second kappa shape index (κ2) is 7.34. The first-order valence-electron chi connectivity index (χ1n) is 8.91. The summed E-state index contributed by atoms with van der Waals surface area (Å²) in [5, 5.41) is 0.364. The van der Waals surface area contributed by atoms with Crippen LogP contribution in [0.2, 0.25) is 0 Å². The molecule has 0 saturated carbocycles. The number of halogens is 1. The average Bonchev–Trinajstić information content (AvgIpc) is 2.69. The fraction of sp³-hybridized carbons (Fsp3) is 0.350. The highest BCUT2D eigenvalue weighted by Gasteiger charge is 2.26. The lowest BCUT2D eigenvalue weighted by atomic mass is 10.1. The molecule has 1 aromatic heterocycles. The predicted octanol–water partition coefficient (Wildman–Crippen LogP) is 1.87. The van der Waals surface area contributed by atoms with Crippen molar-refractivity contribution < 1.29 is 14.0 Å². The van der Waals surface area contributed by atoms with E-state index in [0.29, 0.717) is 54.9 Å². The van der Waals surface area contributed by atoms with Gasteiger partial charge in [-0.2, -0.15) is 0 Å². The summed E-state index contributed by atoms with van der Waals surface area (Å²) >= 11 is 0. The highest BCUT2D eigenvalue weighted by molar-refractivity contribution is 6.40. The van der Waals surface area contributed by atoms with Crippen molar-refractivity contribution in [1.29, 1.82) is 0 Å². The summed E-state index contributed by atoms with van der Waals surface area (Å²) in [6.07, 6.45) is 2.79. The van der Waals surface area contributed by atoms with E-state index in [-0.39, 0.29) is 5.43 Å². The molecule has 1 aliphatic heterocycles. The van der Waals surface area contributed by atoms with Gasteiger partial charge in [0, 0.05) is 49.9 Å². The van der Waals surface area contributed by atoms with Crippen LogP contribution in [-0.4, -0.2) is 47.3 Å². The lowest BCUT2D eigenvalue weighted by molar-refractivity contribution is -0.142. The molecule has 7 heteroatoms. The van der Waals surface area contributed by atoms with Crippen LogP contribution in [0.1, 0.15) is 12.5 Å². The summed E-state index contributed by atoms with van der Waals surface area (Å²) in [4.78, 5) is 39.1. The summed E-state index contributed by atoms with van der Waals surface area (Å²) in [5.41, 5.74) is 1.49. The topological polar surface area (TPSA) is 62.6 Å². The Morgan fingerprint density at radius 2 is 1.89 bits per heavy atom.